The van der Waals surface area contributed by atoms with E-state index in [1.165, 1.54) is 0 Å². The second kappa shape index (κ2) is 8.84. The van der Waals surface area contributed by atoms with Crippen molar-refractivity contribution in [1.82, 2.24) is 0 Å². The predicted octanol–water partition coefficient (Wildman–Crippen LogP) is 2.42. The van der Waals surface area contributed by atoms with Crippen LogP contribution in [-0.4, -0.2) is 25.5 Å². The molecule has 17 heavy (non-hydrogen) atoms. The van der Waals surface area contributed by atoms with Crippen molar-refractivity contribution in [2.45, 2.75) is 19.8 Å². The molecule has 0 rings (SSSR count). The van der Waals surface area contributed by atoms with Gasteiger partial charge in [-0.05, 0) is 6.42 Å². The third-order valence-corrected chi connectivity index (χ3v) is 3.10. The normalized spacial score (nSPS) is 10.3. The number of rotatable bonds is 8. The fourth-order valence-electron chi connectivity index (χ4n) is 0.770. The molecule has 0 bridgehead atoms. The van der Waals surface area contributed by atoms with Crippen molar-refractivity contribution in [1.29, 1.82) is 0 Å². The highest BCUT2D eigenvalue weighted by Gasteiger charge is 2.36. The van der Waals surface area contributed by atoms with Crippen LogP contribution in [0, 0.1) is 24.7 Å². The van der Waals surface area contributed by atoms with Gasteiger partial charge in [-0.1, -0.05) is 25.2 Å². The summed E-state index contributed by atoms with van der Waals surface area (Å²) in [4.78, 5) is 11.5. The van der Waals surface area contributed by atoms with Crippen molar-refractivity contribution < 1.29 is 23.1 Å². The van der Waals surface area contributed by atoms with Crippen molar-refractivity contribution in [2.75, 3.05) is 19.8 Å². The second-order valence-corrected chi connectivity index (χ2v) is 4.80. The average Bonchev–Trinajstić information content (AvgIpc) is 2.34. The molecule has 0 fully saturated rings. The van der Waals surface area contributed by atoms with Gasteiger partial charge in [-0.2, -0.15) is 0 Å². The molecule has 0 atom stereocenters. The predicted molar refractivity (Wildman–Crippen MR) is 63.4 cm³/mol. The highest BCUT2D eigenvalue weighted by molar-refractivity contribution is 7.71. The number of terminal acetylenes is 2. The van der Waals surface area contributed by atoms with Crippen molar-refractivity contribution in [3.05, 3.63) is 0 Å². The average molecular weight is 258 g/mol. The Morgan fingerprint density at radius 1 is 1.24 bits per heavy atom. The Hall–Kier alpha value is -1.26. The van der Waals surface area contributed by atoms with E-state index in [9.17, 15) is 9.36 Å². The molecule has 0 heterocycles. The minimum atomic E-state index is -4.03. The van der Waals surface area contributed by atoms with Crippen LogP contribution < -0.4 is 0 Å². The van der Waals surface area contributed by atoms with E-state index in [-0.39, 0.29) is 19.8 Å². The Kier molecular flexibility index (Phi) is 8.19. The van der Waals surface area contributed by atoms with Gasteiger partial charge in [0.15, 0.2) is 0 Å². The number of hydrogen-bond donors (Lipinski definition) is 0. The van der Waals surface area contributed by atoms with E-state index < -0.39 is 13.3 Å². The van der Waals surface area contributed by atoms with Crippen molar-refractivity contribution >= 4 is 13.3 Å². The highest BCUT2D eigenvalue weighted by Crippen LogP contribution is 2.49. The van der Waals surface area contributed by atoms with Gasteiger partial charge in [0.25, 0.3) is 0 Å². The summed E-state index contributed by atoms with van der Waals surface area (Å²) < 4.78 is 26.1. The quantitative estimate of drug-likeness (QED) is 0.380. The molecule has 0 aliphatic rings. The molecule has 6 heteroatoms. The van der Waals surface area contributed by atoms with E-state index in [0.717, 1.165) is 6.42 Å². The molecule has 0 aromatic carbocycles. The van der Waals surface area contributed by atoms with Gasteiger partial charge in [-0.3, -0.25) is 9.05 Å². The van der Waals surface area contributed by atoms with E-state index in [1.807, 2.05) is 6.92 Å². The van der Waals surface area contributed by atoms with Gasteiger partial charge in [0.05, 0.1) is 6.61 Å². The van der Waals surface area contributed by atoms with Gasteiger partial charge in [0.2, 0.25) is 0 Å². The first-order valence-electron chi connectivity index (χ1n) is 5.04. The first kappa shape index (κ1) is 15.7. The zero-order valence-corrected chi connectivity index (χ0v) is 10.6. The Morgan fingerprint density at radius 3 is 2.18 bits per heavy atom. The molecule has 0 spiro atoms. The van der Waals surface area contributed by atoms with Gasteiger partial charge in [0, 0.05) is 0 Å². The lowest BCUT2D eigenvalue weighted by molar-refractivity contribution is 0.151. The van der Waals surface area contributed by atoms with Crippen LogP contribution in [0.1, 0.15) is 19.8 Å². The molecule has 0 N–H and O–H groups in total. The lowest BCUT2D eigenvalue weighted by Gasteiger charge is -2.14. The minimum absolute atomic E-state index is 0.151. The molecule has 0 aliphatic carbocycles. The van der Waals surface area contributed by atoms with Crippen LogP contribution in [0.3, 0.4) is 0 Å². The number of unbranched alkanes of at least 4 members (excludes halogenated alkanes) is 1. The summed E-state index contributed by atoms with van der Waals surface area (Å²) in [5.74, 6) is 4.18. The van der Waals surface area contributed by atoms with Gasteiger partial charge >= 0.3 is 13.3 Å². The van der Waals surface area contributed by atoms with Crippen molar-refractivity contribution in [2.24, 2.45) is 0 Å². The van der Waals surface area contributed by atoms with E-state index >= 15 is 0 Å². The SMILES string of the molecule is C#CCOP(=O)(OCC#C)C(=O)OCCCC. The lowest BCUT2D eigenvalue weighted by atomic mass is 10.4. The third kappa shape index (κ3) is 6.14. The number of hydrogen-bond acceptors (Lipinski definition) is 5. The maximum Gasteiger partial charge on any atom is 0.440 e. The number of carbonyl (C=O) groups is 1. The summed E-state index contributed by atoms with van der Waals surface area (Å²) in [7, 11) is -4.03. The molecule has 0 aliphatic heterocycles. The molecule has 0 radical (unpaired) electrons. The van der Waals surface area contributed by atoms with Crippen molar-refractivity contribution in [3.63, 3.8) is 0 Å². The molecular weight excluding hydrogens is 243 g/mol. The molecule has 0 aromatic heterocycles. The van der Waals surface area contributed by atoms with E-state index in [0.29, 0.717) is 6.42 Å². The molecule has 0 saturated heterocycles. The maximum absolute atomic E-state index is 11.9. The first-order chi connectivity index (χ1) is 8.10. The lowest BCUT2D eigenvalue weighted by Crippen LogP contribution is -2.10. The molecule has 94 valence electrons. The van der Waals surface area contributed by atoms with Gasteiger partial charge < -0.3 is 4.74 Å². The summed E-state index contributed by atoms with van der Waals surface area (Å²) in [6.07, 6.45) is 11.4. The Morgan fingerprint density at radius 2 is 1.76 bits per heavy atom. The molecule has 0 saturated carbocycles. The Balaban J connectivity index is 4.45. The highest BCUT2D eigenvalue weighted by atomic mass is 31.2. The molecule has 0 unspecified atom stereocenters. The van der Waals surface area contributed by atoms with Crippen LogP contribution >= 0.6 is 7.60 Å². The Bertz CT molecular complexity index is 341. The van der Waals surface area contributed by atoms with Crippen LogP contribution in [0.4, 0.5) is 4.79 Å². The van der Waals surface area contributed by atoms with Crippen LogP contribution in [0.2, 0.25) is 0 Å². The fourth-order valence-corrected chi connectivity index (χ4v) is 1.79. The first-order valence-corrected chi connectivity index (χ1v) is 6.58. The van der Waals surface area contributed by atoms with Crippen LogP contribution in [0.25, 0.3) is 0 Å². The zero-order chi connectivity index (χ0) is 13.1. The summed E-state index contributed by atoms with van der Waals surface area (Å²) in [5.41, 5.74) is -1.06. The van der Waals surface area contributed by atoms with E-state index in [4.69, 9.17) is 26.6 Å². The van der Waals surface area contributed by atoms with Gasteiger partial charge in [-0.25, -0.2) is 9.36 Å². The van der Waals surface area contributed by atoms with E-state index in [1.54, 1.807) is 0 Å². The topological polar surface area (TPSA) is 61.8 Å². The summed E-state index contributed by atoms with van der Waals surface area (Å²) in [6.45, 7) is 1.45. The van der Waals surface area contributed by atoms with Gasteiger partial charge in [-0.15, -0.1) is 12.8 Å². The van der Waals surface area contributed by atoms with Gasteiger partial charge in [0.1, 0.15) is 13.2 Å². The smallest absolute Gasteiger partial charge is 0.440 e. The number of ether oxygens (including phenoxy) is 1. The van der Waals surface area contributed by atoms with Crippen LogP contribution in [0.5, 0.6) is 0 Å². The standard InChI is InChI=1S/C11H15O5P/c1-4-7-10-14-11(12)17(13,15-8-5-2)16-9-6-3/h2-3H,4,7-10H2,1H3. The minimum Gasteiger partial charge on any atom is -0.457 e. The van der Waals surface area contributed by atoms with E-state index in [2.05, 4.69) is 11.8 Å². The summed E-state index contributed by atoms with van der Waals surface area (Å²) in [6, 6.07) is 0. The molecule has 0 aromatic rings. The summed E-state index contributed by atoms with van der Waals surface area (Å²) >= 11 is 0. The molecule has 5 nitrogen and oxygen atoms in total. The molecular formula is C11H15O5P. The molecule has 0 amide bonds. The third-order valence-electron chi connectivity index (χ3n) is 1.58. The zero-order valence-electron chi connectivity index (χ0n) is 9.68. The van der Waals surface area contributed by atoms with Crippen LogP contribution in [-0.2, 0) is 18.3 Å². The summed E-state index contributed by atoms with van der Waals surface area (Å²) in [5, 5.41) is 0. The Labute approximate surface area is 101 Å². The maximum atomic E-state index is 11.9. The number of carbonyl (C=O) groups excluding carboxylic acids is 1. The largest absolute Gasteiger partial charge is 0.457 e. The van der Waals surface area contributed by atoms with Crippen molar-refractivity contribution in [3.8, 4) is 24.7 Å². The fraction of sp³-hybridized carbons (Fsp3) is 0.545. The van der Waals surface area contributed by atoms with Crippen LogP contribution in [0.15, 0.2) is 0 Å². The second-order valence-electron chi connectivity index (χ2n) is 2.92. The monoisotopic (exact) mass is 258 g/mol.